The molecule has 1 N–H and O–H groups in total. The molecule has 1 heterocycles. The Morgan fingerprint density at radius 2 is 2.00 bits per heavy atom. The Kier molecular flexibility index (Phi) is 5.93. The lowest BCUT2D eigenvalue weighted by Crippen LogP contribution is -2.50. The smallest absolute Gasteiger partial charge is 0.154 e. The van der Waals surface area contributed by atoms with Crippen molar-refractivity contribution in [2.24, 2.45) is 5.92 Å². The fourth-order valence-electron chi connectivity index (χ4n) is 2.95. The van der Waals surface area contributed by atoms with Crippen LogP contribution in [-0.4, -0.2) is 32.0 Å². The molecular weight excluding hydrogens is 234 g/mol. The third kappa shape index (κ3) is 3.95. The van der Waals surface area contributed by atoms with Gasteiger partial charge < -0.3 is 5.32 Å². The second kappa shape index (κ2) is 6.74. The quantitative estimate of drug-likeness (QED) is 0.798. The van der Waals surface area contributed by atoms with E-state index in [-0.39, 0.29) is 11.3 Å². The summed E-state index contributed by atoms with van der Waals surface area (Å²) >= 11 is 0. The molecule has 0 bridgehead atoms. The van der Waals surface area contributed by atoms with Gasteiger partial charge in [0.2, 0.25) is 0 Å². The molecule has 0 aromatic carbocycles. The van der Waals surface area contributed by atoms with Crippen molar-refractivity contribution >= 4 is 9.84 Å². The number of sulfone groups is 1. The van der Waals surface area contributed by atoms with Crippen LogP contribution in [0.2, 0.25) is 0 Å². The van der Waals surface area contributed by atoms with Crippen LogP contribution in [0.15, 0.2) is 0 Å². The van der Waals surface area contributed by atoms with Crippen LogP contribution < -0.4 is 5.32 Å². The van der Waals surface area contributed by atoms with Gasteiger partial charge in [0.25, 0.3) is 0 Å². The Balaban J connectivity index is 2.81. The van der Waals surface area contributed by atoms with Gasteiger partial charge in [-0.25, -0.2) is 8.42 Å². The number of hydrogen-bond donors (Lipinski definition) is 1. The highest BCUT2D eigenvalue weighted by Gasteiger charge is 2.37. The summed E-state index contributed by atoms with van der Waals surface area (Å²) in [7, 11) is -2.87. The van der Waals surface area contributed by atoms with Gasteiger partial charge in [-0.2, -0.15) is 0 Å². The zero-order valence-corrected chi connectivity index (χ0v) is 12.2. The van der Waals surface area contributed by atoms with Crippen LogP contribution in [0.4, 0.5) is 0 Å². The zero-order chi connectivity index (χ0) is 12.9. The lowest BCUT2D eigenvalue weighted by molar-refractivity contribution is 0.328. The summed E-state index contributed by atoms with van der Waals surface area (Å²) in [5.41, 5.74) is 0. The van der Waals surface area contributed by atoms with Crippen molar-refractivity contribution in [3.63, 3.8) is 0 Å². The average Bonchev–Trinajstić information content (AvgIpc) is 2.26. The van der Waals surface area contributed by atoms with E-state index in [0.717, 1.165) is 38.6 Å². The number of rotatable bonds is 6. The minimum Gasteiger partial charge on any atom is -0.313 e. The van der Waals surface area contributed by atoms with Crippen molar-refractivity contribution < 1.29 is 8.42 Å². The fourth-order valence-corrected chi connectivity index (χ4v) is 5.20. The van der Waals surface area contributed by atoms with E-state index in [0.29, 0.717) is 11.7 Å². The highest BCUT2D eigenvalue weighted by Crippen LogP contribution is 2.27. The van der Waals surface area contributed by atoms with Crippen molar-refractivity contribution in [1.82, 2.24) is 5.32 Å². The number of hydrogen-bond acceptors (Lipinski definition) is 3. The Hall–Kier alpha value is -0.0900. The van der Waals surface area contributed by atoms with Gasteiger partial charge >= 0.3 is 0 Å². The van der Waals surface area contributed by atoms with Crippen molar-refractivity contribution in [1.29, 1.82) is 0 Å². The van der Waals surface area contributed by atoms with Crippen LogP contribution in [0.3, 0.4) is 0 Å². The first-order valence-electron chi connectivity index (χ1n) is 6.97. The van der Waals surface area contributed by atoms with E-state index in [9.17, 15) is 8.42 Å². The second-order valence-electron chi connectivity index (χ2n) is 5.25. The zero-order valence-electron chi connectivity index (χ0n) is 11.4. The fraction of sp³-hybridized carbons (Fsp3) is 1.00. The van der Waals surface area contributed by atoms with Crippen molar-refractivity contribution in [3.05, 3.63) is 0 Å². The van der Waals surface area contributed by atoms with Crippen LogP contribution >= 0.6 is 0 Å². The molecule has 3 unspecified atom stereocenters. The molecule has 1 fully saturated rings. The first-order chi connectivity index (χ1) is 8.03. The maximum Gasteiger partial charge on any atom is 0.154 e. The van der Waals surface area contributed by atoms with E-state index < -0.39 is 9.84 Å². The largest absolute Gasteiger partial charge is 0.313 e. The summed E-state index contributed by atoms with van der Waals surface area (Å²) in [5.74, 6) is 0.830. The van der Waals surface area contributed by atoms with E-state index in [4.69, 9.17) is 0 Å². The molecule has 0 saturated carbocycles. The van der Waals surface area contributed by atoms with E-state index >= 15 is 0 Å². The summed E-state index contributed by atoms with van der Waals surface area (Å²) in [5, 5.41) is 3.26. The monoisotopic (exact) mass is 261 g/mol. The maximum absolute atomic E-state index is 12.2. The minimum atomic E-state index is -2.87. The van der Waals surface area contributed by atoms with Gasteiger partial charge in [0.05, 0.1) is 11.0 Å². The second-order valence-corrected chi connectivity index (χ2v) is 7.59. The Labute approximate surface area is 106 Å². The summed E-state index contributed by atoms with van der Waals surface area (Å²) < 4.78 is 24.3. The Morgan fingerprint density at radius 1 is 1.29 bits per heavy atom. The maximum atomic E-state index is 12.2. The molecule has 0 amide bonds. The highest BCUT2D eigenvalue weighted by atomic mass is 32.2. The van der Waals surface area contributed by atoms with E-state index in [1.54, 1.807) is 0 Å². The molecule has 1 saturated heterocycles. The van der Waals surface area contributed by atoms with E-state index in [1.165, 1.54) is 0 Å². The van der Waals surface area contributed by atoms with Gasteiger partial charge in [-0.15, -0.1) is 0 Å². The van der Waals surface area contributed by atoms with E-state index in [2.05, 4.69) is 26.1 Å². The molecule has 17 heavy (non-hydrogen) atoms. The minimum absolute atomic E-state index is 0.144. The van der Waals surface area contributed by atoms with Gasteiger partial charge in [-0.3, -0.25) is 0 Å². The van der Waals surface area contributed by atoms with Crippen molar-refractivity contribution in [2.75, 3.05) is 12.3 Å². The summed E-state index contributed by atoms with van der Waals surface area (Å²) in [6, 6.07) is 0.144. The van der Waals surface area contributed by atoms with Gasteiger partial charge in [0.1, 0.15) is 0 Å². The Bertz CT molecular complexity index is 313. The molecule has 0 aliphatic carbocycles. The highest BCUT2D eigenvalue weighted by molar-refractivity contribution is 7.92. The molecule has 0 aromatic rings. The molecule has 0 aromatic heterocycles. The van der Waals surface area contributed by atoms with Crippen LogP contribution in [-0.2, 0) is 9.84 Å². The average molecular weight is 261 g/mol. The van der Waals surface area contributed by atoms with E-state index in [1.807, 2.05) is 0 Å². The first kappa shape index (κ1) is 15.0. The molecular formula is C13H27NO2S. The molecule has 3 atom stereocenters. The van der Waals surface area contributed by atoms with Crippen LogP contribution in [0, 0.1) is 5.92 Å². The Morgan fingerprint density at radius 3 is 2.53 bits per heavy atom. The molecule has 3 nitrogen and oxygen atoms in total. The molecule has 4 heteroatoms. The van der Waals surface area contributed by atoms with Gasteiger partial charge in [-0.1, -0.05) is 33.6 Å². The predicted molar refractivity (Wildman–Crippen MR) is 73.0 cm³/mol. The molecule has 0 spiro atoms. The molecule has 1 rings (SSSR count). The summed E-state index contributed by atoms with van der Waals surface area (Å²) in [4.78, 5) is 0. The lowest BCUT2D eigenvalue weighted by atomic mass is 9.92. The normalized spacial score (nSPS) is 27.6. The standard InChI is InChI=1S/C13H27NO2S/c1-4-8-11(3)13(14-5-2)12-9-6-7-10-17(12,15)16/h11-14H,4-10H2,1-3H3. The van der Waals surface area contributed by atoms with Gasteiger partial charge in [0.15, 0.2) is 9.84 Å². The van der Waals surface area contributed by atoms with Crippen LogP contribution in [0.1, 0.15) is 52.9 Å². The third-order valence-corrected chi connectivity index (χ3v) is 6.14. The molecule has 1 aliphatic rings. The van der Waals surface area contributed by atoms with Crippen molar-refractivity contribution in [3.8, 4) is 0 Å². The third-order valence-electron chi connectivity index (χ3n) is 3.83. The predicted octanol–water partition coefficient (Wildman–Crippen LogP) is 2.37. The van der Waals surface area contributed by atoms with Crippen molar-refractivity contribution in [2.45, 2.75) is 64.2 Å². The first-order valence-corrected chi connectivity index (χ1v) is 8.69. The molecule has 102 valence electrons. The topological polar surface area (TPSA) is 46.2 Å². The SMILES string of the molecule is CCCC(C)C(NCC)C1CCCCS1(=O)=O. The van der Waals surface area contributed by atoms with Gasteiger partial charge in [-0.05, 0) is 31.7 Å². The lowest BCUT2D eigenvalue weighted by Gasteiger charge is -2.34. The number of nitrogens with one attached hydrogen (secondary N) is 1. The molecule has 0 radical (unpaired) electrons. The summed E-state index contributed by atoms with van der Waals surface area (Å²) in [6.45, 7) is 7.25. The van der Waals surface area contributed by atoms with Crippen LogP contribution in [0.5, 0.6) is 0 Å². The molecule has 1 aliphatic heterocycles. The van der Waals surface area contributed by atoms with Crippen LogP contribution in [0.25, 0.3) is 0 Å². The van der Waals surface area contributed by atoms with Gasteiger partial charge in [0, 0.05) is 6.04 Å². The summed E-state index contributed by atoms with van der Waals surface area (Å²) in [6.07, 6.45) is 4.97.